The molecule has 6 nitrogen and oxygen atoms in total. The lowest BCUT2D eigenvalue weighted by Gasteiger charge is -2.25. The molecule has 0 aliphatic rings. The molecule has 0 aliphatic carbocycles. The molecule has 0 saturated heterocycles. The zero-order chi connectivity index (χ0) is 16.3. The first-order valence-corrected chi connectivity index (χ1v) is 7.60. The van der Waals surface area contributed by atoms with Crippen LogP contribution in [-0.2, 0) is 17.4 Å². The van der Waals surface area contributed by atoms with Gasteiger partial charge in [0.1, 0.15) is 5.54 Å². The summed E-state index contributed by atoms with van der Waals surface area (Å²) in [7, 11) is 1.76. The second-order valence-corrected chi connectivity index (χ2v) is 6.30. The summed E-state index contributed by atoms with van der Waals surface area (Å²) in [6.07, 6.45) is 2.44. The van der Waals surface area contributed by atoms with Crippen molar-refractivity contribution in [3.8, 4) is 0 Å². The number of nitrogens with zero attached hydrogens (tertiary/aromatic N) is 2. The molecule has 2 atom stereocenters. The van der Waals surface area contributed by atoms with Gasteiger partial charge in [0.15, 0.2) is 0 Å². The van der Waals surface area contributed by atoms with Gasteiger partial charge in [-0.05, 0) is 24.6 Å². The molecule has 1 amide bonds. The van der Waals surface area contributed by atoms with E-state index in [9.17, 15) is 9.90 Å². The van der Waals surface area contributed by atoms with Crippen molar-refractivity contribution >= 4 is 21.8 Å². The van der Waals surface area contributed by atoms with Crippen molar-refractivity contribution in [3.63, 3.8) is 0 Å². The normalized spacial score (nSPS) is 15.1. The minimum Gasteiger partial charge on any atom is -0.386 e. The molecule has 2 rings (SSSR count). The Hall–Kier alpha value is -1.70. The zero-order valence-electron chi connectivity index (χ0n) is 12.5. The minimum absolute atomic E-state index is 0.0772. The van der Waals surface area contributed by atoms with Crippen LogP contribution >= 0.6 is 15.9 Å². The Morgan fingerprint density at radius 3 is 2.68 bits per heavy atom. The number of benzene rings is 1. The number of amides is 1. The van der Waals surface area contributed by atoms with Gasteiger partial charge < -0.3 is 16.2 Å². The van der Waals surface area contributed by atoms with Gasteiger partial charge in [0.05, 0.1) is 12.3 Å². The topological polar surface area (TPSA) is 93.2 Å². The number of aliphatic hydroxyl groups excluding tert-OH is 1. The van der Waals surface area contributed by atoms with Crippen LogP contribution in [0.15, 0.2) is 41.1 Å². The lowest BCUT2D eigenvalue weighted by molar-refractivity contribution is -0.126. The number of hydrogen-bond acceptors (Lipinski definition) is 4. The zero-order valence-corrected chi connectivity index (χ0v) is 14.0. The molecule has 0 aliphatic heterocycles. The molecule has 22 heavy (non-hydrogen) atoms. The Morgan fingerprint density at radius 1 is 1.50 bits per heavy atom. The standard InChI is InChI=1S/C15H19BrN4O2/c1-15(17,11-3-5-12(16)6-4-11)14(22)18-8-13(21)10-7-19-20(2)9-10/h3-7,9,13,21H,8,17H2,1-2H3,(H,18,22). The van der Waals surface area contributed by atoms with Crippen LogP contribution in [0.5, 0.6) is 0 Å². The number of aliphatic hydroxyl groups is 1. The fourth-order valence-electron chi connectivity index (χ4n) is 2.03. The quantitative estimate of drug-likeness (QED) is 0.741. The van der Waals surface area contributed by atoms with Crippen molar-refractivity contribution in [1.29, 1.82) is 0 Å². The average Bonchev–Trinajstić information content (AvgIpc) is 2.91. The predicted molar refractivity (Wildman–Crippen MR) is 86.9 cm³/mol. The van der Waals surface area contributed by atoms with Crippen molar-refractivity contribution in [1.82, 2.24) is 15.1 Å². The predicted octanol–water partition coefficient (Wildman–Crippen LogP) is 1.21. The van der Waals surface area contributed by atoms with Crippen LogP contribution in [0.25, 0.3) is 0 Å². The SMILES string of the molecule is Cn1cc(C(O)CNC(=O)C(C)(N)c2ccc(Br)cc2)cn1. The van der Waals surface area contributed by atoms with Crippen LogP contribution in [0, 0.1) is 0 Å². The molecule has 2 unspecified atom stereocenters. The molecule has 0 bridgehead atoms. The molecule has 1 heterocycles. The van der Waals surface area contributed by atoms with E-state index in [-0.39, 0.29) is 12.5 Å². The largest absolute Gasteiger partial charge is 0.386 e. The molecule has 2 aromatic rings. The number of rotatable bonds is 5. The van der Waals surface area contributed by atoms with Gasteiger partial charge in [-0.25, -0.2) is 0 Å². The summed E-state index contributed by atoms with van der Waals surface area (Å²) in [6, 6.07) is 7.25. The molecule has 0 fully saturated rings. The monoisotopic (exact) mass is 366 g/mol. The van der Waals surface area contributed by atoms with Crippen LogP contribution < -0.4 is 11.1 Å². The number of halogens is 1. The van der Waals surface area contributed by atoms with Crippen LogP contribution in [0.3, 0.4) is 0 Å². The van der Waals surface area contributed by atoms with Gasteiger partial charge in [0.2, 0.25) is 5.91 Å². The van der Waals surface area contributed by atoms with Crippen molar-refractivity contribution < 1.29 is 9.90 Å². The van der Waals surface area contributed by atoms with Gasteiger partial charge in [-0.1, -0.05) is 28.1 Å². The number of nitrogens with two attached hydrogens (primary N) is 1. The van der Waals surface area contributed by atoms with E-state index in [2.05, 4.69) is 26.3 Å². The van der Waals surface area contributed by atoms with Gasteiger partial charge in [-0.2, -0.15) is 5.10 Å². The van der Waals surface area contributed by atoms with Gasteiger partial charge in [0.25, 0.3) is 0 Å². The van der Waals surface area contributed by atoms with E-state index in [4.69, 9.17) is 5.73 Å². The highest BCUT2D eigenvalue weighted by molar-refractivity contribution is 9.10. The molecule has 1 aromatic carbocycles. The van der Waals surface area contributed by atoms with E-state index >= 15 is 0 Å². The second-order valence-electron chi connectivity index (χ2n) is 5.38. The van der Waals surface area contributed by atoms with Crippen LogP contribution in [0.4, 0.5) is 0 Å². The number of carbonyl (C=O) groups excluding carboxylic acids is 1. The molecule has 0 saturated carbocycles. The molecule has 0 spiro atoms. The van der Waals surface area contributed by atoms with E-state index in [1.807, 2.05) is 12.1 Å². The maximum Gasteiger partial charge on any atom is 0.244 e. The maximum atomic E-state index is 12.3. The van der Waals surface area contributed by atoms with Gasteiger partial charge in [-0.3, -0.25) is 9.48 Å². The minimum atomic E-state index is -1.17. The molecule has 0 radical (unpaired) electrons. The lowest BCUT2D eigenvalue weighted by atomic mass is 9.92. The number of nitrogens with one attached hydrogen (secondary N) is 1. The summed E-state index contributed by atoms with van der Waals surface area (Å²) in [6.45, 7) is 1.72. The molecule has 4 N–H and O–H groups in total. The summed E-state index contributed by atoms with van der Waals surface area (Å²) < 4.78 is 2.51. The Bertz CT molecular complexity index is 652. The Kier molecular flexibility index (Phi) is 5.00. The third-order valence-corrected chi connectivity index (χ3v) is 4.01. The highest BCUT2D eigenvalue weighted by Crippen LogP contribution is 2.21. The van der Waals surface area contributed by atoms with Crippen molar-refractivity contribution in [2.45, 2.75) is 18.6 Å². The third kappa shape index (κ3) is 3.73. The Labute approximate surface area is 137 Å². The number of aromatic nitrogens is 2. The molecular formula is C15H19BrN4O2. The van der Waals surface area contributed by atoms with Crippen LogP contribution in [-0.4, -0.2) is 27.3 Å². The molecular weight excluding hydrogens is 348 g/mol. The Balaban J connectivity index is 2.00. The number of hydrogen-bond donors (Lipinski definition) is 3. The third-order valence-electron chi connectivity index (χ3n) is 3.48. The van der Waals surface area contributed by atoms with Gasteiger partial charge in [-0.15, -0.1) is 0 Å². The highest BCUT2D eigenvalue weighted by atomic mass is 79.9. The molecule has 7 heteroatoms. The lowest BCUT2D eigenvalue weighted by Crippen LogP contribution is -2.49. The van der Waals surface area contributed by atoms with Crippen molar-refractivity contribution in [2.24, 2.45) is 12.8 Å². The van der Waals surface area contributed by atoms with Crippen LogP contribution in [0.1, 0.15) is 24.2 Å². The smallest absolute Gasteiger partial charge is 0.244 e. The summed E-state index contributed by atoms with van der Waals surface area (Å²) in [5.41, 5.74) is 6.31. The van der Waals surface area contributed by atoms with Gasteiger partial charge in [0, 0.05) is 29.8 Å². The maximum absolute atomic E-state index is 12.3. The molecule has 1 aromatic heterocycles. The highest BCUT2D eigenvalue weighted by Gasteiger charge is 2.30. The van der Waals surface area contributed by atoms with E-state index in [1.165, 1.54) is 0 Å². The van der Waals surface area contributed by atoms with Gasteiger partial charge >= 0.3 is 0 Å². The average molecular weight is 367 g/mol. The fraction of sp³-hybridized carbons (Fsp3) is 0.333. The van der Waals surface area contributed by atoms with E-state index in [0.29, 0.717) is 11.1 Å². The molecule has 118 valence electrons. The summed E-state index contributed by atoms with van der Waals surface area (Å²) >= 11 is 3.34. The van der Waals surface area contributed by atoms with Crippen molar-refractivity contribution in [3.05, 3.63) is 52.3 Å². The Morgan fingerprint density at radius 2 is 2.14 bits per heavy atom. The number of carbonyl (C=O) groups is 1. The first kappa shape index (κ1) is 16.7. The van der Waals surface area contributed by atoms with E-state index in [1.54, 1.807) is 43.2 Å². The fourth-order valence-corrected chi connectivity index (χ4v) is 2.29. The number of aryl methyl sites for hydroxylation is 1. The second kappa shape index (κ2) is 6.60. The summed E-state index contributed by atoms with van der Waals surface area (Å²) in [4.78, 5) is 12.3. The van der Waals surface area contributed by atoms with Crippen LogP contribution in [0.2, 0.25) is 0 Å². The summed E-state index contributed by atoms with van der Waals surface area (Å²) in [5, 5.41) is 16.7. The van der Waals surface area contributed by atoms with Crippen molar-refractivity contribution in [2.75, 3.05) is 6.54 Å². The van der Waals surface area contributed by atoms with E-state index < -0.39 is 11.6 Å². The summed E-state index contributed by atoms with van der Waals surface area (Å²) in [5.74, 6) is -0.349. The first-order valence-electron chi connectivity index (χ1n) is 6.80. The first-order chi connectivity index (χ1) is 10.3. The van der Waals surface area contributed by atoms with E-state index in [0.717, 1.165) is 4.47 Å².